The van der Waals surface area contributed by atoms with Crippen molar-refractivity contribution in [1.82, 2.24) is 4.98 Å². The summed E-state index contributed by atoms with van der Waals surface area (Å²) < 4.78 is 0. The second-order valence-corrected chi connectivity index (χ2v) is 4.04. The molecule has 3 rings (SSSR count). The lowest BCUT2D eigenvalue weighted by Gasteiger charge is -2.02. The van der Waals surface area contributed by atoms with Gasteiger partial charge in [0.1, 0.15) is 0 Å². The number of hydrogen-bond acceptors (Lipinski definition) is 3. The SMILES string of the molecule is O=C1CC(c2ccccc2)=Nc2ccncc2N1. The van der Waals surface area contributed by atoms with E-state index < -0.39 is 0 Å². The van der Waals surface area contributed by atoms with Crippen LogP contribution in [0, 0.1) is 0 Å². The Balaban J connectivity index is 2.11. The first kappa shape index (κ1) is 10.7. The highest BCUT2D eigenvalue weighted by Gasteiger charge is 2.16. The van der Waals surface area contributed by atoms with E-state index in [1.807, 2.05) is 30.3 Å². The number of aliphatic imine (C=N–C) groups is 1. The Hall–Kier alpha value is -2.49. The first-order valence-electron chi connectivity index (χ1n) is 5.70. The lowest BCUT2D eigenvalue weighted by Crippen LogP contribution is -2.14. The van der Waals surface area contributed by atoms with Crippen LogP contribution in [0.5, 0.6) is 0 Å². The van der Waals surface area contributed by atoms with Crippen molar-refractivity contribution in [3.8, 4) is 0 Å². The van der Waals surface area contributed by atoms with Gasteiger partial charge in [0, 0.05) is 6.20 Å². The normalized spacial score (nSPS) is 14.2. The van der Waals surface area contributed by atoms with Gasteiger partial charge in [-0.05, 0) is 11.6 Å². The second-order valence-electron chi connectivity index (χ2n) is 4.04. The molecule has 0 unspecified atom stereocenters. The number of nitrogens with zero attached hydrogens (tertiary/aromatic N) is 2. The van der Waals surface area contributed by atoms with Crippen molar-refractivity contribution in [1.29, 1.82) is 0 Å². The molecule has 0 spiro atoms. The second kappa shape index (κ2) is 4.41. The van der Waals surface area contributed by atoms with E-state index in [1.54, 1.807) is 18.5 Å². The highest BCUT2D eigenvalue weighted by Crippen LogP contribution is 2.27. The van der Waals surface area contributed by atoms with Crippen LogP contribution in [0.25, 0.3) is 0 Å². The molecule has 0 saturated carbocycles. The fourth-order valence-corrected chi connectivity index (χ4v) is 1.91. The average molecular weight is 237 g/mol. The molecular formula is C14H11N3O. The molecule has 18 heavy (non-hydrogen) atoms. The van der Waals surface area contributed by atoms with Gasteiger partial charge in [-0.1, -0.05) is 30.3 Å². The zero-order valence-electron chi connectivity index (χ0n) is 9.63. The first-order chi connectivity index (χ1) is 8.83. The van der Waals surface area contributed by atoms with E-state index in [1.165, 1.54) is 0 Å². The summed E-state index contributed by atoms with van der Waals surface area (Å²) in [6, 6.07) is 11.5. The predicted octanol–water partition coefficient (Wildman–Crippen LogP) is 2.54. The maximum atomic E-state index is 11.8. The molecule has 4 heteroatoms. The number of amides is 1. The number of benzene rings is 1. The lowest BCUT2D eigenvalue weighted by atomic mass is 10.1. The topological polar surface area (TPSA) is 54.4 Å². The van der Waals surface area contributed by atoms with Gasteiger partial charge in [-0.3, -0.25) is 9.78 Å². The average Bonchev–Trinajstić information content (AvgIpc) is 2.57. The van der Waals surface area contributed by atoms with E-state index in [0.29, 0.717) is 5.69 Å². The third-order valence-corrected chi connectivity index (χ3v) is 2.76. The largest absolute Gasteiger partial charge is 0.323 e. The molecule has 0 saturated heterocycles. The highest BCUT2D eigenvalue weighted by atomic mass is 16.1. The molecule has 0 fully saturated rings. The Bertz CT molecular complexity index is 620. The molecule has 88 valence electrons. The summed E-state index contributed by atoms with van der Waals surface area (Å²) in [6.45, 7) is 0. The molecule has 0 bridgehead atoms. The van der Waals surface area contributed by atoms with E-state index in [0.717, 1.165) is 17.0 Å². The molecule has 2 heterocycles. The summed E-state index contributed by atoms with van der Waals surface area (Å²) in [6.07, 6.45) is 3.56. The highest BCUT2D eigenvalue weighted by molar-refractivity contribution is 6.16. The van der Waals surface area contributed by atoms with Gasteiger partial charge in [-0.25, -0.2) is 4.99 Å². The summed E-state index contributed by atoms with van der Waals surface area (Å²) in [4.78, 5) is 20.4. The quantitative estimate of drug-likeness (QED) is 0.828. The van der Waals surface area contributed by atoms with Crippen LogP contribution in [0.4, 0.5) is 11.4 Å². The van der Waals surface area contributed by atoms with Gasteiger partial charge < -0.3 is 5.32 Å². The molecular weight excluding hydrogens is 226 g/mol. The minimum absolute atomic E-state index is 0.0654. The molecule has 4 nitrogen and oxygen atoms in total. The Kier molecular flexibility index (Phi) is 2.61. The van der Waals surface area contributed by atoms with Crippen LogP contribution in [-0.4, -0.2) is 16.6 Å². The van der Waals surface area contributed by atoms with Gasteiger partial charge in [0.25, 0.3) is 0 Å². The summed E-state index contributed by atoms with van der Waals surface area (Å²) in [5, 5.41) is 2.81. The summed E-state index contributed by atoms with van der Waals surface area (Å²) >= 11 is 0. The Morgan fingerprint density at radius 2 is 1.94 bits per heavy atom. The van der Waals surface area contributed by atoms with Gasteiger partial charge in [0.15, 0.2) is 0 Å². The van der Waals surface area contributed by atoms with Crippen LogP contribution in [0.15, 0.2) is 53.8 Å². The minimum atomic E-state index is -0.0654. The van der Waals surface area contributed by atoms with Crippen molar-refractivity contribution in [3.63, 3.8) is 0 Å². The number of rotatable bonds is 1. The molecule has 0 radical (unpaired) electrons. The zero-order chi connectivity index (χ0) is 12.4. The number of hydrogen-bond donors (Lipinski definition) is 1. The van der Waals surface area contributed by atoms with Gasteiger partial charge in [0.2, 0.25) is 5.91 Å². The van der Waals surface area contributed by atoms with Crippen molar-refractivity contribution in [2.24, 2.45) is 4.99 Å². The molecule has 1 N–H and O–H groups in total. The summed E-state index contributed by atoms with van der Waals surface area (Å²) in [5.74, 6) is -0.0654. The van der Waals surface area contributed by atoms with Crippen molar-refractivity contribution >= 4 is 23.0 Å². The number of nitrogens with one attached hydrogen (secondary N) is 1. The molecule has 1 aromatic heterocycles. The third kappa shape index (κ3) is 2.00. The van der Waals surface area contributed by atoms with Gasteiger partial charge in [0.05, 0.1) is 29.7 Å². The van der Waals surface area contributed by atoms with Crippen molar-refractivity contribution in [2.75, 3.05) is 5.32 Å². The van der Waals surface area contributed by atoms with Gasteiger partial charge >= 0.3 is 0 Å². The molecule has 1 amide bonds. The first-order valence-corrected chi connectivity index (χ1v) is 5.70. The minimum Gasteiger partial charge on any atom is -0.323 e. The van der Waals surface area contributed by atoms with Crippen molar-refractivity contribution in [2.45, 2.75) is 6.42 Å². The number of carbonyl (C=O) groups is 1. The standard InChI is InChI=1S/C14H11N3O/c18-14-8-12(10-4-2-1-3-5-10)16-11-6-7-15-9-13(11)17-14/h1-7,9H,8H2,(H,17,18). The maximum Gasteiger partial charge on any atom is 0.230 e. The van der Waals surface area contributed by atoms with Crippen LogP contribution < -0.4 is 5.32 Å². The lowest BCUT2D eigenvalue weighted by molar-refractivity contribution is -0.115. The summed E-state index contributed by atoms with van der Waals surface area (Å²) in [7, 11) is 0. The van der Waals surface area contributed by atoms with E-state index in [9.17, 15) is 4.79 Å². The summed E-state index contributed by atoms with van der Waals surface area (Å²) in [5.41, 5.74) is 3.15. The Labute approximate surface area is 104 Å². The number of fused-ring (bicyclic) bond motifs is 1. The molecule has 0 atom stereocenters. The van der Waals surface area contributed by atoms with E-state index in [4.69, 9.17) is 0 Å². The van der Waals surface area contributed by atoms with E-state index in [-0.39, 0.29) is 12.3 Å². The van der Waals surface area contributed by atoms with Crippen molar-refractivity contribution in [3.05, 3.63) is 54.4 Å². The van der Waals surface area contributed by atoms with Crippen LogP contribution in [0.1, 0.15) is 12.0 Å². The monoisotopic (exact) mass is 237 g/mol. The smallest absolute Gasteiger partial charge is 0.230 e. The molecule has 1 aromatic carbocycles. The van der Waals surface area contributed by atoms with E-state index in [2.05, 4.69) is 15.3 Å². The predicted molar refractivity (Wildman–Crippen MR) is 70.1 cm³/mol. The van der Waals surface area contributed by atoms with Gasteiger partial charge in [-0.15, -0.1) is 0 Å². The number of carbonyl (C=O) groups excluding carboxylic acids is 1. The van der Waals surface area contributed by atoms with E-state index >= 15 is 0 Å². The van der Waals surface area contributed by atoms with Crippen LogP contribution in [0.3, 0.4) is 0 Å². The fourth-order valence-electron chi connectivity index (χ4n) is 1.91. The Morgan fingerprint density at radius 1 is 1.11 bits per heavy atom. The van der Waals surface area contributed by atoms with Gasteiger partial charge in [-0.2, -0.15) is 0 Å². The van der Waals surface area contributed by atoms with Crippen LogP contribution in [-0.2, 0) is 4.79 Å². The fraction of sp³-hybridized carbons (Fsp3) is 0.0714. The molecule has 1 aliphatic rings. The molecule has 0 aliphatic carbocycles. The number of anilines is 1. The van der Waals surface area contributed by atoms with Crippen molar-refractivity contribution < 1.29 is 4.79 Å². The number of aromatic nitrogens is 1. The van der Waals surface area contributed by atoms with Crippen LogP contribution >= 0.6 is 0 Å². The maximum absolute atomic E-state index is 11.8. The molecule has 2 aromatic rings. The van der Waals surface area contributed by atoms with Crippen LogP contribution in [0.2, 0.25) is 0 Å². The zero-order valence-corrected chi connectivity index (χ0v) is 9.63. The number of pyridine rings is 1. The molecule has 1 aliphatic heterocycles. The Morgan fingerprint density at radius 3 is 2.78 bits per heavy atom. The third-order valence-electron chi connectivity index (χ3n) is 2.76.